The van der Waals surface area contributed by atoms with E-state index in [4.69, 9.17) is 11.6 Å². The van der Waals surface area contributed by atoms with E-state index in [1.807, 2.05) is 30.0 Å². The Morgan fingerprint density at radius 1 is 1.19 bits per heavy atom. The lowest BCUT2D eigenvalue weighted by Crippen LogP contribution is -2.59. The number of anilines is 1. The van der Waals surface area contributed by atoms with E-state index >= 15 is 0 Å². The van der Waals surface area contributed by atoms with Crippen LogP contribution in [0.3, 0.4) is 0 Å². The summed E-state index contributed by atoms with van der Waals surface area (Å²) in [7, 11) is 0. The molecule has 0 bridgehead atoms. The quantitative estimate of drug-likeness (QED) is 0.676. The third-order valence-electron chi connectivity index (χ3n) is 5.26. The first-order chi connectivity index (χ1) is 12.9. The molecule has 144 valence electrons. The molecule has 1 aromatic rings. The van der Waals surface area contributed by atoms with Gasteiger partial charge in [0.1, 0.15) is 6.04 Å². The Kier molecular flexibility index (Phi) is 4.71. The van der Waals surface area contributed by atoms with E-state index in [0.29, 0.717) is 18.1 Å². The second-order valence-corrected chi connectivity index (χ2v) is 7.57. The largest absolute Gasteiger partial charge is 0.368 e. The van der Waals surface area contributed by atoms with Crippen molar-refractivity contribution in [2.24, 2.45) is 0 Å². The van der Waals surface area contributed by atoms with Crippen LogP contribution in [-0.2, 0) is 9.59 Å². The van der Waals surface area contributed by atoms with Crippen LogP contribution in [0.2, 0.25) is 5.02 Å². The molecule has 9 heteroatoms. The first-order valence-electron chi connectivity index (χ1n) is 9.03. The Labute approximate surface area is 163 Å². The second kappa shape index (κ2) is 7.03. The molecule has 3 aliphatic rings. The van der Waals surface area contributed by atoms with Gasteiger partial charge in [0.05, 0.1) is 0 Å². The predicted octanol–water partition coefficient (Wildman–Crippen LogP) is 0.350. The summed E-state index contributed by atoms with van der Waals surface area (Å²) in [4.78, 5) is 29.4. The van der Waals surface area contributed by atoms with Crippen molar-refractivity contribution in [2.45, 2.75) is 25.9 Å². The average Bonchev–Trinajstić information content (AvgIpc) is 3.07. The summed E-state index contributed by atoms with van der Waals surface area (Å²) in [6.45, 7) is 6.53. The van der Waals surface area contributed by atoms with E-state index in [0.717, 1.165) is 30.0 Å². The summed E-state index contributed by atoms with van der Waals surface area (Å²) in [6, 6.07) is 4.66. The number of carbonyl (C=O) groups excluding carboxylic acids is 2. The average molecular weight is 391 g/mol. The number of hydrazine groups is 2. The van der Waals surface area contributed by atoms with Gasteiger partial charge < -0.3 is 15.1 Å². The van der Waals surface area contributed by atoms with Gasteiger partial charge in [-0.15, -0.1) is 0 Å². The van der Waals surface area contributed by atoms with Gasteiger partial charge in [-0.05, 0) is 31.5 Å². The zero-order valence-corrected chi connectivity index (χ0v) is 16.1. The van der Waals surface area contributed by atoms with Gasteiger partial charge in [0.2, 0.25) is 5.91 Å². The lowest BCUT2D eigenvalue weighted by atomic mass is 10.0. The number of carbonyl (C=O) groups is 2. The predicted molar refractivity (Wildman–Crippen MR) is 103 cm³/mol. The fraction of sp³-hybridized carbons (Fsp3) is 0.444. The van der Waals surface area contributed by atoms with Crippen molar-refractivity contribution < 1.29 is 9.59 Å². The minimum atomic E-state index is -0.617. The molecule has 8 nitrogen and oxygen atoms in total. The molecule has 0 aromatic heterocycles. The molecule has 3 N–H and O–H groups in total. The molecule has 0 radical (unpaired) electrons. The highest BCUT2D eigenvalue weighted by Gasteiger charge is 2.46. The number of halogens is 1. The normalized spacial score (nSPS) is 25.2. The van der Waals surface area contributed by atoms with Crippen molar-refractivity contribution in [1.29, 1.82) is 0 Å². The molecule has 4 rings (SSSR count). The van der Waals surface area contributed by atoms with Crippen LogP contribution in [-0.4, -0.2) is 60.0 Å². The molecule has 3 aliphatic heterocycles. The Morgan fingerprint density at radius 2 is 1.93 bits per heavy atom. The molecule has 2 fully saturated rings. The third kappa shape index (κ3) is 3.36. The number of aryl methyl sites for hydroxylation is 1. The first kappa shape index (κ1) is 18.1. The van der Waals surface area contributed by atoms with Crippen molar-refractivity contribution in [3.05, 3.63) is 40.7 Å². The van der Waals surface area contributed by atoms with Crippen LogP contribution in [0.1, 0.15) is 12.5 Å². The van der Waals surface area contributed by atoms with Crippen molar-refractivity contribution in [3.8, 4) is 0 Å². The third-order valence-corrected chi connectivity index (χ3v) is 5.49. The van der Waals surface area contributed by atoms with Crippen LogP contribution in [0.4, 0.5) is 5.69 Å². The maximum absolute atomic E-state index is 13.0. The molecule has 2 atom stereocenters. The number of hydrogen-bond acceptors (Lipinski definition) is 6. The molecule has 3 heterocycles. The zero-order chi connectivity index (χ0) is 19.1. The summed E-state index contributed by atoms with van der Waals surface area (Å²) in [5, 5.41) is 5.15. The molecule has 0 spiro atoms. The lowest BCUT2D eigenvalue weighted by molar-refractivity contribution is -0.137. The maximum Gasteiger partial charge on any atom is 0.250 e. The van der Waals surface area contributed by atoms with Crippen molar-refractivity contribution in [3.63, 3.8) is 0 Å². The standard InChI is InChI=1S/C18H23ClN6O2/c1-11-3-4-13(19)9-14(11)23-5-7-24(8-6-23)18(27)15-16-17(26)20-12(2)10-25(16)22-21-15/h3-4,9-10,15-16,21-22H,5-8H2,1-2H3,(H,20,26). The number of allylic oxidation sites excluding steroid dienone is 1. The Morgan fingerprint density at radius 3 is 2.67 bits per heavy atom. The van der Waals surface area contributed by atoms with E-state index in [1.54, 1.807) is 11.2 Å². The van der Waals surface area contributed by atoms with Crippen LogP contribution < -0.4 is 21.2 Å². The highest BCUT2D eigenvalue weighted by atomic mass is 35.5. The molecule has 1 aromatic carbocycles. The zero-order valence-electron chi connectivity index (χ0n) is 15.3. The Balaban J connectivity index is 1.42. The first-order valence-corrected chi connectivity index (χ1v) is 9.40. The van der Waals surface area contributed by atoms with E-state index in [1.165, 1.54) is 0 Å². The molecule has 0 saturated carbocycles. The Hall–Kier alpha value is -2.29. The van der Waals surface area contributed by atoms with E-state index in [-0.39, 0.29) is 11.8 Å². The van der Waals surface area contributed by atoms with E-state index in [2.05, 4.69) is 28.1 Å². The van der Waals surface area contributed by atoms with E-state index < -0.39 is 12.1 Å². The number of hydrogen-bond donors (Lipinski definition) is 3. The SMILES string of the molecule is CC1=CN2NNC(C(=O)N3CCN(c4cc(Cl)ccc4C)CC3)C2C(=O)N1. The van der Waals surface area contributed by atoms with Gasteiger partial charge in [-0.2, -0.15) is 5.53 Å². The molecular weight excluding hydrogens is 368 g/mol. The molecule has 27 heavy (non-hydrogen) atoms. The van der Waals surface area contributed by atoms with Crippen LogP contribution in [0.15, 0.2) is 30.1 Å². The molecular formula is C18H23ClN6O2. The van der Waals surface area contributed by atoms with Gasteiger partial charge in [0.25, 0.3) is 5.91 Å². The maximum atomic E-state index is 13.0. The van der Waals surface area contributed by atoms with Crippen molar-refractivity contribution in [2.75, 3.05) is 31.1 Å². The summed E-state index contributed by atoms with van der Waals surface area (Å²) < 4.78 is 0. The number of rotatable bonds is 2. The smallest absolute Gasteiger partial charge is 0.250 e. The minimum Gasteiger partial charge on any atom is -0.368 e. The monoisotopic (exact) mass is 390 g/mol. The summed E-state index contributed by atoms with van der Waals surface area (Å²) >= 11 is 6.14. The van der Waals surface area contributed by atoms with Gasteiger partial charge in [0.15, 0.2) is 6.04 Å². The number of amides is 2. The molecule has 0 aliphatic carbocycles. The number of nitrogens with one attached hydrogen (secondary N) is 3. The summed E-state index contributed by atoms with van der Waals surface area (Å²) in [5.41, 5.74) is 8.88. The summed E-state index contributed by atoms with van der Waals surface area (Å²) in [5.74, 6) is -0.250. The van der Waals surface area contributed by atoms with Gasteiger partial charge in [0, 0.05) is 48.8 Å². The van der Waals surface area contributed by atoms with Gasteiger partial charge in [-0.25, -0.2) is 5.43 Å². The number of nitrogens with zero attached hydrogens (tertiary/aromatic N) is 3. The number of fused-ring (bicyclic) bond motifs is 1. The fourth-order valence-electron chi connectivity index (χ4n) is 3.84. The fourth-order valence-corrected chi connectivity index (χ4v) is 4.00. The molecule has 2 amide bonds. The lowest BCUT2D eigenvalue weighted by Gasteiger charge is -2.38. The molecule has 2 saturated heterocycles. The topological polar surface area (TPSA) is 80.0 Å². The summed E-state index contributed by atoms with van der Waals surface area (Å²) in [6.07, 6.45) is 1.78. The van der Waals surface area contributed by atoms with Crippen LogP contribution in [0.5, 0.6) is 0 Å². The minimum absolute atomic E-state index is 0.0689. The van der Waals surface area contributed by atoms with Crippen LogP contribution in [0.25, 0.3) is 0 Å². The molecule has 2 unspecified atom stereocenters. The second-order valence-electron chi connectivity index (χ2n) is 7.13. The highest BCUT2D eigenvalue weighted by molar-refractivity contribution is 6.30. The number of benzene rings is 1. The van der Waals surface area contributed by atoms with Gasteiger partial charge >= 0.3 is 0 Å². The van der Waals surface area contributed by atoms with Gasteiger partial charge in [-0.1, -0.05) is 17.7 Å². The van der Waals surface area contributed by atoms with Crippen molar-refractivity contribution >= 4 is 29.1 Å². The van der Waals surface area contributed by atoms with E-state index in [9.17, 15) is 9.59 Å². The van der Waals surface area contributed by atoms with Crippen LogP contribution in [0, 0.1) is 6.92 Å². The van der Waals surface area contributed by atoms with Gasteiger partial charge in [-0.3, -0.25) is 14.6 Å². The highest BCUT2D eigenvalue weighted by Crippen LogP contribution is 2.26. The Bertz CT molecular complexity index is 805. The van der Waals surface area contributed by atoms with Crippen molar-refractivity contribution in [1.82, 2.24) is 26.2 Å². The van der Waals surface area contributed by atoms with Crippen LogP contribution >= 0.6 is 11.6 Å². The number of piperazine rings is 1.